The summed E-state index contributed by atoms with van der Waals surface area (Å²) < 4.78 is 55.6. The smallest absolute Gasteiger partial charge is 0.207 e. The summed E-state index contributed by atoms with van der Waals surface area (Å²) in [6, 6.07) is 6.72. The molecule has 8 heteroatoms. The van der Waals surface area contributed by atoms with E-state index in [-0.39, 0.29) is 31.1 Å². The lowest BCUT2D eigenvalue weighted by atomic mass is 9.95. The van der Waals surface area contributed by atoms with Crippen LogP contribution in [0.1, 0.15) is 33.4 Å². The summed E-state index contributed by atoms with van der Waals surface area (Å²) >= 11 is 0. The Morgan fingerprint density at radius 2 is 0.933 bits per heavy atom. The molecule has 30 heavy (non-hydrogen) atoms. The Balaban J connectivity index is 1.87. The van der Waals surface area contributed by atoms with Crippen molar-refractivity contribution in [2.75, 3.05) is 26.2 Å². The molecule has 0 atom stereocenters. The fourth-order valence-corrected chi connectivity index (χ4v) is 7.40. The number of sulfonamides is 2. The van der Waals surface area contributed by atoms with Gasteiger partial charge in [-0.15, -0.1) is 0 Å². The molecule has 3 rings (SSSR count). The molecule has 0 amide bonds. The second-order valence-electron chi connectivity index (χ2n) is 8.08. The molecule has 2 aromatic carbocycles. The third-order valence-electron chi connectivity index (χ3n) is 6.39. The predicted octanol–water partition coefficient (Wildman–Crippen LogP) is 3.23. The normalized spacial score (nSPS) is 16.7. The van der Waals surface area contributed by atoms with Crippen LogP contribution in [-0.2, 0) is 20.0 Å². The highest BCUT2D eigenvalue weighted by molar-refractivity contribution is 7.89. The first-order valence-electron chi connectivity index (χ1n) is 10.0. The molecule has 2 aromatic rings. The summed E-state index contributed by atoms with van der Waals surface area (Å²) in [5.41, 5.74) is 5.60. The van der Waals surface area contributed by atoms with Crippen molar-refractivity contribution in [3.05, 3.63) is 57.6 Å². The van der Waals surface area contributed by atoms with Gasteiger partial charge >= 0.3 is 0 Å². The average Bonchev–Trinajstić information content (AvgIpc) is 2.71. The van der Waals surface area contributed by atoms with Crippen LogP contribution in [0.2, 0.25) is 0 Å². The minimum absolute atomic E-state index is 0.136. The maximum absolute atomic E-state index is 13.5. The molecule has 1 saturated heterocycles. The van der Waals surface area contributed by atoms with Crippen LogP contribution in [0.3, 0.4) is 0 Å². The lowest BCUT2D eigenvalue weighted by molar-refractivity contribution is 0.272. The number of nitrogens with zero attached hydrogens (tertiary/aromatic N) is 2. The standard InChI is InChI=1S/C22H30N2O4S2/c1-15-7-9-21(10-8-15)29(25,26)23-11-13-24(14-12-23)30(27,28)22-19(5)17(3)16(2)18(4)20(22)6/h7-10H,11-14H2,1-6H3. The first-order valence-corrected chi connectivity index (χ1v) is 12.9. The van der Waals surface area contributed by atoms with Gasteiger partial charge in [-0.25, -0.2) is 16.8 Å². The molecule has 1 aliphatic rings. The van der Waals surface area contributed by atoms with Crippen molar-refractivity contribution in [1.82, 2.24) is 8.61 Å². The van der Waals surface area contributed by atoms with Crippen molar-refractivity contribution in [3.8, 4) is 0 Å². The van der Waals surface area contributed by atoms with Crippen LogP contribution in [0.4, 0.5) is 0 Å². The molecule has 1 heterocycles. The van der Waals surface area contributed by atoms with Crippen LogP contribution in [0, 0.1) is 41.5 Å². The van der Waals surface area contributed by atoms with Gasteiger partial charge in [-0.1, -0.05) is 17.7 Å². The van der Waals surface area contributed by atoms with Crippen LogP contribution in [0.5, 0.6) is 0 Å². The van der Waals surface area contributed by atoms with Gasteiger partial charge in [0.05, 0.1) is 9.79 Å². The highest BCUT2D eigenvalue weighted by atomic mass is 32.2. The van der Waals surface area contributed by atoms with Crippen LogP contribution in [0.15, 0.2) is 34.1 Å². The fourth-order valence-electron chi connectivity index (χ4n) is 3.99. The molecule has 164 valence electrons. The Morgan fingerprint density at radius 1 is 0.567 bits per heavy atom. The second kappa shape index (κ2) is 8.07. The van der Waals surface area contributed by atoms with Crippen LogP contribution in [0.25, 0.3) is 0 Å². The largest absolute Gasteiger partial charge is 0.243 e. The molecule has 0 radical (unpaired) electrons. The van der Waals surface area contributed by atoms with Crippen molar-refractivity contribution in [2.45, 2.75) is 51.3 Å². The summed E-state index contributed by atoms with van der Waals surface area (Å²) in [6.07, 6.45) is 0. The Bertz CT molecular complexity index is 1150. The van der Waals surface area contributed by atoms with E-state index in [2.05, 4.69) is 0 Å². The van der Waals surface area contributed by atoms with E-state index in [1.54, 1.807) is 24.3 Å². The summed E-state index contributed by atoms with van der Waals surface area (Å²) in [5, 5.41) is 0. The first-order chi connectivity index (χ1) is 13.9. The summed E-state index contributed by atoms with van der Waals surface area (Å²) in [4.78, 5) is 0.596. The van der Waals surface area contributed by atoms with E-state index >= 15 is 0 Å². The van der Waals surface area contributed by atoms with E-state index in [0.717, 1.165) is 33.4 Å². The van der Waals surface area contributed by atoms with Gasteiger partial charge in [-0.3, -0.25) is 0 Å². The summed E-state index contributed by atoms with van der Waals surface area (Å²) in [7, 11) is -7.35. The molecule has 0 bridgehead atoms. The molecule has 0 N–H and O–H groups in total. The van der Waals surface area contributed by atoms with Crippen molar-refractivity contribution < 1.29 is 16.8 Å². The molecule has 1 aliphatic heterocycles. The van der Waals surface area contributed by atoms with Crippen molar-refractivity contribution in [1.29, 1.82) is 0 Å². The Hall–Kier alpha value is -1.74. The molecule has 0 spiro atoms. The maximum atomic E-state index is 13.5. The van der Waals surface area contributed by atoms with E-state index in [0.29, 0.717) is 4.90 Å². The molecule has 0 aromatic heterocycles. The Kier molecular flexibility index (Phi) is 6.17. The van der Waals surface area contributed by atoms with Gasteiger partial charge in [-0.05, 0) is 81.5 Å². The minimum Gasteiger partial charge on any atom is -0.207 e. The monoisotopic (exact) mass is 450 g/mol. The molecule has 6 nitrogen and oxygen atoms in total. The first kappa shape index (κ1) is 22.9. The van der Waals surface area contributed by atoms with E-state index in [1.165, 1.54) is 8.61 Å². The zero-order valence-electron chi connectivity index (χ0n) is 18.5. The summed E-state index contributed by atoms with van der Waals surface area (Å²) in [6.45, 7) is 12.0. The SMILES string of the molecule is Cc1ccc(S(=O)(=O)N2CCN(S(=O)(=O)c3c(C)c(C)c(C)c(C)c3C)CC2)cc1. The zero-order chi connectivity index (χ0) is 22.4. The quantitative estimate of drug-likeness (QED) is 0.717. The number of aryl methyl sites for hydroxylation is 1. The van der Waals surface area contributed by atoms with Crippen molar-refractivity contribution in [2.24, 2.45) is 0 Å². The van der Waals surface area contributed by atoms with E-state index in [9.17, 15) is 16.8 Å². The molecular weight excluding hydrogens is 420 g/mol. The third kappa shape index (κ3) is 3.82. The van der Waals surface area contributed by atoms with Crippen molar-refractivity contribution in [3.63, 3.8) is 0 Å². The number of piperazine rings is 1. The van der Waals surface area contributed by atoms with E-state index < -0.39 is 20.0 Å². The lowest BCUT2D eigenvalue weighted by Crippen LogP contribution is -2.50. The third-order valence-corrected chi connectivity index (χ3v) is 10.5. The molecular formula is C22H30N2O4S2. The lowest BCUT2D eigenvalue weighted by Gasteiger charge is -2.34. The van der Waals surface area contributed by atoms with Gasteiger partial charge < -0.3 is 0 Å². The number of rotatable bonds is 4. The Labute approximate surface area is 180 Å². The second-order valence-corrected chi connectivity index (χ2v) is 11.9. The van der Waals surface area contributed by atoms with E-state index in [1.807, 2.05) is 41.5 Å². The van der Waals surface area contributed by atoms with Gasteiger partial charge in [-0.2, -0.15) is 8.61 Å². The van der Waals surface area contributed by atoms with Gasteiger partial charge in [0.1, 0.15) is 0 Å². The van der Waals surface area contributed by atoms with Crippen LogP contribution >= 0.6 is 0 Å². The molecule has 0 saturated carbocycles. The summed E-state index contributed by atoms with van der Waals surface area (Å²) in [5.74, 6) is 0. The number of hydrogen-bond acceptors (Lipinski definition) is 4. The average molecular weight is 451 g/mol. The molecule has 0 aliphatic carbocycles. The topological polar surface area (TPSA) is 74.8 Å². The van der Waals surface area contributed by atoms with Gasteiger partial charge in [0.15, 0.2) is 0 Å². The number of hydrogen-bond donors (Lipinski definition) is 0. The molecule has 1 fully saturated rings. The zero-order valence-corrected chi connectivity index (χ0v) is 20.1. The fraction of sp³-hybridized carbons (Fsp3) is 0.455. The minimum atomic E-state index is -3.71. The highest BCUT2D eigenvalue weighted by Crippen LogP contribution is 2.32. The predicted molar refractivity (Wildman–Crippen MR) is 119 cm³/mol. The van der Waals surface area contributed by atoms with Gasteiger partial charge in [0.25, 0.3) is 0 Å². The van der Waals surface area contributed by atoms with Crippen molar-refractivity contribution >= 4 is 20.0 Å². The van der Waals surface area contributed by atoms with E-state index in [4.69, 9.17) is 0 Å². The highest BCUT2D eigenvalue weighted by Gasteiger charge is 2.35. The Morgan fingerprint density at radius 3 is 1.37 bits per heavy atom. The molecule has 0 unspecified atom stereocenters. The van der Waals surface area contributed by atoms with Crippen LogP contribution in [-0.4, -0.2) is 51.6 Å². The maximum Gasteiger partial charge on any atom is 0.243 e. The number of benzene rings is 2. The van der Waals surface area contributed by atoms with Gasteiger partial charge in [0, 0.05) is 26.2 Å². The van der Waals surface area contributed by atoms with Crippen LogP contribution < -0.4 is 0 Å². The van der Waals surface area contributed by atoms with Gasteiger partial charge in [0.2, 0.25) is 20.0 Å².